The number of hydrogen-bond acceptors (Lipinski definition) is 3. The van der Waals surface area contributed by atoms with Crippen LogP contribution in [0.3, 0.4) is 0 Å². The molecule has 0 aliphatic carbocycles. The first-order chi connectivity index (χ1) is 8.11. The van der Waals surface area contributed by atoms with E-state index in [0.717, 1.165) is 25.9 Å². The zero-order valence-corrected chi connectivity index (χ0v) is 10.4. The molecule has 0 radical (unpaired) electrons. The molecular formula is C12H22N2O3. The van der Waals surface area contributed by atoms with E-state index >= 15 is 0 Å². The van der Waals surface area contributed by atoms with Crippen LogP contribution in [-0.4, -0.2) is 36.1 Å². The van der Waals surface area contributed by atoms with Gasteiger partial charge in [-0.3, -0.25) is 9.59 Å². The fourth-order valence-electron chi connectivity index (χ4n) is 2.16. The monoisotopic (exact) mass is 242 g/mol. The van der Waals surface area contributed by atoms with Crippen LogP contribution in [0.5, 0.6) is 0 Å². The zero-order valence-electron chi connectivity index (χ0n) is 10.4. The Kier molecular flexibility index (Phi) is 5.97. The van der Waals surface area contributed by atoms with E-state index < -0.39 is 5.97 Å². The summed E-state index contributed by atoms with van der Waals surface area (Å²) in [6.07, 6.45) is 3.36. The highest BCUT2D eigenvalue weighted by molar-refractivity contribution is 5.77. The second kappa shape index (κ2) is 7.27. The second-order valence-electron chi connectivity index (χ2n) is 4.69. The smallest absolute Gasteiger partial charge is 0.305 e. The first-order valence-electron chi connectivity index (χ1n) is 6.33. The third kappa shape index (κ3) is 5.68. The lowest BCUT2D eigenvalue weighted by atomic mass is 9.95. The fourth-order valence-corrected chi connectivity index (χ4v) is 2.16. The molecule has 0 bridgehead atoms. The summed E-state index contributed by atoms with van der Waals surface area (Å²) in [6, 6.07) is -0.239. The van der Waals surface area contributed by atoms with Gasteiger partial charge < -0.3 is 15.7 Å². The number of carboxylic acid groups (broad SMARTS) is 1. The van der Waals surface area contributed by atoms with Gasteiger partial charge >= 0.3 is 5.97 Å². The van der Waals surface area contributed by atoms with Crippen molar-refractivity contribution in [2.45, 2.75) is 45.1 Å². The summed E-state index contributed by atoms with van der Waals surface area (Å²) >= 11 is 0. The molecule has 0 saturated carbocycles. The van der Waals surface area contributed by atoms with Crippen LogP contribution in [0.1, 0.15) is 39.0 Å². The fraction of sp³-hybridized carbons (Fsp3) is 0.833. The molecule has 17 heavy (non-hydrogen) atoms. The third-order valence-corrected chi connectivity index (χ3v) is 3.15. The summed E-state index contributed by atoms with van der Waals surface area (Å²) in [5.41, 5.74) is 0. The molecule has 5 heteroatoms. The topological polar surface area (TPSA) is 78.4 Å². The molecule has 0 aromatic rings. The lowest BCUT2D eigenvalue weighted by Crippen LogP contribution is -2.39. The van der Waals surface area contributed by atoms with E-state index in [1.54, 1.807) is 0 Å². The van der Waals surface area contributed by atoms with Gasteiger partial charge in [0, 0.05) is 12.5 Å². The maximum Gasteiger partial charge on any atom is 0.305 e. The van der Waals surface area contributed by atoms with Crippen molar-refractivity contribution in [1.29, 1.82) is 0 Å². The Balaban J connectivity index is 2.28. The summed E-state index contributed by atoms with van der Waals surface area (Å²) in [6.45, 7) is 3.81. The molecule has 1 aliphatic rings. The van der Waals surface area contributed by atoms with Crippen LogP contribution in [-0.2, 0) is 9.59 Å². The highest BCUT2D eigenvalue weighted by Gasteiger charge is 2.19. The average molecular weight is 242 g/mol. The van der Waals surface area contributed by atoms with Gasteiger partial charge in [-0.25, -0.2) is 0 Å². The minimum absolute atomic E-state index is 0.00512. The third-order valence-electron chi connectivity index (χ3n) is 3.15. The molecule has 0 aromatic heterocycles. The number of rotatable bonds is 6. The molecule has 1 fully saturated rings. The van der Waals surface area contributed by atoms with E-state index in [9.17, 15) is 9.59 Å². The van der Waals surface area contributed by atoms with Gasteiger partial charge in [-0.15, -0.1) is 0 Å². The van der Waals surface area contributed by atoms with E-state index in [-0.39, 0.29) is 18.4 Å². The lowest BCUT2D eigenvalue weighted by Gasteiger charge is -2.23. The van der Waals surface area contributed by atoms with Crippen molar-refractivity contribution in [3.05, 3.63) is 0 Å². The van der Waals surface area contributed by atoms with Crippen LogP contribution in [0, 0.1) is 5.92 Å². The number of carbonyl (C=O) groups excluding carboxylic acids is 1. The van der Waals surface area contributed by atoms with Crippen molar-refractivity contribution >= 4 is 11.9 Å². The molecular weight excluding hydrogens is 220 g/mol. The highest BCUT2D eigenvalue weighted by Crippen LogP contribution is 2.14. The predicted molar refractivity (Wildman–Crippen MR) is 64.7 cm³/mol. The van der Waals surface area contributed by atoms with E-state index in [1.807, 2.05) is 6.92 Å². The Morgan fingerprint density at radius 2 is 2.29 bits per heavy atom. The van der Waals surface area contributed by atoms with Gasteiger partial charge in [-0.2, -0.15) is 0 Å². The molecule has 1 aliphatic heterocycles. The van der Waals surface area contributed by atoms with Crippen LogP contribution in [0.25, 0.3) is 0 Å². The van der Waals surface area contributed by atoms with Crippen molar-refractivity contribution in [1.82, 2.24) is 10.6 Å². The minimum atomic E-state index is -0.864. The Bertz CT molecular complexity index is 262. The second-order valence-corrected chi connectivity index (χ2v) is 4.69. The van der Waals surface area contributed by atoms with Crippen LogP contribution < -0.4 is 10.6 Å². The number of hydrogen-bond donors (Lipinski definition) is 3. The summed E-state index contributed by atoms with van der Waals surface area (Å²) in [4.78, 5) is 22.3. The minimum Gasteiger partial charge on any atom is -0.481 e. The molecule has 1 heterocycles. The zero-order chi connectivity index (χ0) is 12.7. The molecule has 2 atom stereocenters. The highest BCUT2D eigenvalue weighted by atomic mass is 16.4. The Hall–Kier alpha value is -1.10. The van der Waals surface area contributed by atoms with Gasteiger partial charge in [0.15, 0.2) is 0 Å². The van der Waals surface area contributed by atoms with Crippen LogP contribution in [0.15, 0.2) is 0 Å². The standard InChI is InChI=1S/C12H22N2O3/c1-2-10(7-12(16)17)14-11(15)6-9-4-3-5-13-8-9/h9-10,13H,2-8H2,1H3,(H,14,15)(H,16,17). The van der Waals surface area contributed by atoms with Gasteiger partial charge in [-0.1, -0.05) is 6.92 Å². The Morgan fingerprint density at radius 1 is 1.53 bits per heavy atom. The van der Waals surface area contributed by atoms with E-state index in [4.69, 9.17) is 5.11 Å². The summed E-state index contributed by atoms with van der Waals surface area (Å²) in [7, 11) is 0. The van der Waals surface area contributed by atoms with E-state index in [0.29, 0.717) is 18.8 Å². The molecule has 1 amide bonds. The normalized spacial score (nSPS) is 21.8. The first-order valence-corrected chi connectivity index (χ1v) is 6.33. The summed E-state index contributed by atoms with van der Waals surface area (Å²) in [5.74, 6) is -0.491. The maximum absolute atomic E-state index is 11.7. The van der Waals surface area contributed by atoms with Crippen LogP contribution in [0.2, 0.25) is 0 Å². The van der Waals surface area contributed by atoms with E-state index in [1.165, 1.54) is 0 Å². The number of nitrogens with one attached hydrogen (secondary N) is 2. The van der Waals surface area contributed by atoms with Gasteiger partial charge in [-0.05, 0) is 38.3 Å². The van der Waals surface area contributed by atoms with Gasteiger partial charge in [0.1, 0.15) is 0 Å². The summed E-state index contributed by atoms with van der Waals surface area (Å²) < 4.78 is 0. The summed E-state index contributed by atoms with van der Waals surface area (Å²) in [5, 5.41) is 14.8. The Morgan fingerprint density at radius 3 is 2.82 bits per heavy atom. The predicted octanol–water partition coefficient (Wildman–Crippen LogP) is 0.746. The number of carbonyl (C=O) groups is 2. The van der Waals surface area contributed by atoms with Crippen molar-refractivity contribution in [3.8, 4) is 0 Å². The van der Waals surface area contributed by atoms with E-state index in [2.05, 4.69) is 10.6 Å². The molecule has 5 nitrogen and oxygen atoms in total. The number of piperidine rings is 1. The quantitative estimate of drug-likeness (QED) is 0.642. The van der Waals surface area contributed by atoms with Crippen molar-refractivity contribution in [2.75, 3.05) is 13.1 Å². The average Bonchev–Trinajstić information content (AvgIpc) is 2.28. The molecule has 1 rings (SSSR count). The van der Waals surface area contributed by atoms with Crippen LogP contribution in [0.4, 0.5) is 0 Å². The van der Waals surface area contributed by atoms with Gasteiger partial charge in [0.25, 0.3) is 0 Å². The van der Waals surface area contributed by atoms with Crippen molar-refractivity contribution in [3.63, 3.8) is 0 Å². The molecule has 0 aromatic carbocycles. The Labute approximate surface area is 102 Å². The number of aliphatic carboxylic acids is 1. The number of carboxylic acids is 1. The largest absolute Gasteiger partial charge is 0.481 e. The molecule has 0 spiro atoms. The van der Waals surface area contributed by atoms with Crippen molar-refractivity contribution in [2.24, 2.45) is 5.92 Å². The lowest BCUT2D eigenvalue weighted by molar-refractivity contribution is -0.137. The van der Waals surface area contributed by atoms with Crippen molar-refractivity contribution < 1.29 is 14.7 Å². The number of amides is 1. The first kappa shape index (κ1) is 14.0. The molecule has 1 saturated heterocycles. The molecule has 98 valence electrons. The SMILES string of the molecule is CCC(CC(=O)O)NC(=O)CC1CCCNC1. The maximum atomic E-state index is 11.7. The van der Waals surface area contributed by atoms with Gasteiger partial charge in [0.05, 0.1) is 6.42 Å². The molecule has 3 N–H and O–H groups in total. The van der Waals surface area contributed by atoms with Crippen LogP contribution >= 0.6 is 0 Å². The molecule has 2 unspecified atom stereocenters. The van der Waals surface area contributed by atoms with Gasteiger partial charge in [0.2, 0.25) is 5.91 Å².